The standard InChI is InChI=1S/C16H22N4O4/c17-11-2-3-12-10(7-11)1-4-14(18-12)20-8-13(19-15(21)22)16(9-20)23-5-6-24-16/h1,4,11,13,19H,2-3,5-9,17H2,(H,21,22)/t11-,13?/m0/s1. The van der Waals surface area contributed by atoms with Crippen molar-refractivity contribution in [3.05, 3.63) is 23.4 Å². The first-order valence-electron chi connectivity index (χ1n) is 8.32. The number of rotatable bonds is 2. The highest BCUT2D eigenvalue weighted by molar-refractivity contribution is 5.65. The number of amides is 1. The number of aryl methyl sites for hydroxylation is 1. The minimum Gasteiger partial charge on any atom is -0.465 e. The highest BCUT2D eigenvalue weighted by Gasteiger charge is 2.52. The Morgan fingerprint density at radius 3 is 2.96 bits per heavy atom. The van der Waals surface area contributed by atoms with Crippen LogP contribution in [0.1, 0.15) is 17.7 Å². The third kappa shape index (κ3) is 2.70. The van der Waals surface area contributed by atoms with E-state index in [-0.39, 0.29) is 6.04 Å². The van der Waals surface area contributed by atoms with E-state index in [4.69, 9.17) is 25.3 Å². The zero-order chi connectivity index (χ0) is 16.7. The molecule has 4 rings (SSSR count). The van der Waals surface area contributed by atoms with Gasteiger partial charge < -0.3 is 30.5 Å². The van der Waals surface area contributed by atoms with Gasteiger partial charge in [0.25, 0.3) is 0 Å². The second-order valence-corrected chi connectivity index (χ2v) is 6.67. The summed E-state index contributed by atoms with van der Waals surface area (Å²) < 4.78 is 11.5. The number of ether oxygens (including phenoxy) is 2. The van der Waals surface area contributed by atoms with Gasteiger partial charge in [-0.1, -0.05) is 6.07 Å². The smallest absolute Gasteiger partial charge is 0.405 e. The Bertz CT molecular complexity index is 647. The van der Waals surface area contributed by atoms with Gasteiger partial charge in [-0.15, -0.1) is 0 Å². The molecule has 0 radical (unpaired) electrons. The fraction of sp³-hybridized carbons (Fsp3) is 0.625. The molecule has 3 aliphatic rings. The molecule has 8 heteroatoms. The summed E-state index contributed by atoms with van der Waals surface area (Å²) in [5, 5.41) is 11.6. The Balaban J connectivity index is 1.57. The van der Waals surface area contributed by atoms with Crippen LogP contribution in [0.3, 0.4) is 0 Å². The van der Waals surface area contributed by atoms with E-state index in [0.717, 1.165) is 30.8 Å². The minimum atomic E-state index is -1.08. The summed E-state index contributed by atoms with van der Waals surface area (Å²) in [5.41, 5.74) is 8.32. The number of hydrogen-bond acceptors (Lipinski definition) is 6. The summed E-state index contributed by atoms with van der Waals surface area (Å²) in [6, 6.07) is 3.83. The summed E-state index contributed by atoms with van der Waals surface area (Å²) in [6.45, 7) is 1.88. The molecule has 130 valence electrons. The number of pyridine rings is 1. The normalized spacial score (nSPS) is 28.1. The van der Waals surface area contributed by atoms with E-state index >= 15 is 0 Å². The molecule has 0 saturated carbocycles. The van der Waals surface area contributed by atoms with Gasteiger partial charge in [-0.2, -0.15) is 0 Å². The average Bonchev–Trinajstić information content (AvgIpc) is 3.15. The lowest BCUT2D eigenvalue weighted by atomic mass is 9.92. The quantitative estimate of drug-likeness (QED) is 0.703. The van der Waals surface area contributed by atoms with Crippen molar-refractivity contribution in [1.29, 1.82) is 0 Å². The SMILES string of the molecule is N[C@H]1CCc2nc(N3CC(NC(=O)O)C4(C3)OCCO4)ccc2C1. The first-order chi connectivity index (χ1) is 11.6. The Hall–Kier alpha value is -1.90. The van der Waals surface area contributed by atoms with E-state index in [1.54, 1.807) is 0 Å². The molecule has 3 heterocycles. The molecule has 1 spiro atoms. The van der Waals surface area contributed by atoms with Crippen molar-refractivity contribution in [1.82, 2.24) is 10.3 Å². The highest BCUT2D eigenvalue weighted by Crippen LogP contribution is 2.34. The molecule has 1 aromatic heterocycles. The van der Waals surface area contributed by atoms with Crippen LogP contribution in [0.4, 0.5) is 10.6 Å². The number of carbonyl (C=O) groups is 1. The summed E-state index contributed by atoms with van der Waals surface area (Å²) in [4.78, 5) is 17.9. The van der Waals surface area contributed by atoms with Gasteiger partial charge in [-0.05, 0) is 30.9 Å². The summed E-state index contributed by atoms with van der Waals surface area (Å²) in [7, 11) is 0. The van der Waals surface area contributed by atoms with Gasteiger partial charge in [0.2, 0.25) is 5.79 Å². The number of fused-ring (bicyclic) bond motifs is 1. The lowest BCUT2D eigenvalue weighted by molar-refractivity contribution is -0.152. The molecule has 1 aliphatic carbocycles. The van der Waals surface area contributed by atoms with Crippen molar-refractivity contribution in [2.75, 3.05) is 31.2 Å². The van der Waals surface area contributed by atoms with E-state index in [0.29, 0.717) is 26.3 Å². The van der Waals surface area contributed by atoms with Crippen LogP contribution in [0.25, 0.3) is 0 Å². The van der Waals surface area contributed by atoms with Crippen LogP contribution in [0.15, 0.2) is 12.1 Å². The molecule has 2 saturated heterocycles. The Morgan fingerprint density at radius 1 is 1.42 bits per heavy atom. The van der Waals surface area contributed by atoms with Gasteiger partial charge in [-0.3, -0.25) is 0 Å². The number of aromatic nitrogens is 1. The lowest BCUT2D eigenvalue weighted by Gasteiger charge is -2.27. The molecule has 1 amide bonds. The number of carboxylic acid groups (broad SMARTS) is 1. The molecule has 0 bridgehead atoms. The molecule has 1 unspecified atom stereocenters. The molecular formula is C16H22N4O4. The molecule has 8 nitrogen and oxygen atoms in total. The van der Waals surface area contributed by atoms with Crippen molar-refractivity contribution in [2.24, 2.45) is 5.73 Å². The van der Waals surface area contributed by atoms with Gasteiger partial charge >= 0.3 is 6.09 Å². The molecule has 24 heavy (non-hydrogen) atoms. The van der Waals surface area contributed by atoms with Crippen molar-refractivity contribution >= 4 is 11.9 Å². The zero-order valence-electron chi connectivity index (χ0n) is 13.4. The maximum Gasteiger partial charge on any atom is 0.405 e. The second kappa shape index (κ2) is 5.87. The topological polar surface area (TPSA) is 110 Å². The molecule has 2 fully saturated rings. The van der Waals surface area contributed by atoms with Crippen LogP contribution < -0.4 is 16.0 Å². The van der Waals surface area contributed by atoms with Gasteiger partial charge in [0, 0.05) is 18.3 Å². The van der Waals surface area contributed by atoms with Crippen LogP contribution >= 0.6 is 0 Å². The molecule has 1 aromatic rings. The molecule has 2 atom stereocenters. The molecular weight excluding hydrogens is 312 g/mol. The van der Waals surface area contributed by atoms with E-state index in [1.165, 1.54) is 5.56 Å². The maximum atomic E-state index is 11.1. The highest BCUT2D eigenvalue weighted by atomic mass is 16.7. The lowest BCUT2D eigenvalue weighted by Crippen LogP contribution is -2.52. The number of anilines is 1. The monoisotopic (exact) mass is 334 g/mol. The van der Waals surface area contributed by atoms with Crippen molar-refractivity contribution in [2.45, 2.75) is 37.1 Å². The third-order valence-corrected chi connectivity index (χ3v) is 5.03. The fourth-order valence-corrected chi connectivity index (χ4v) is 3.85. The van der Waals surface area contributed by atoms with Gasteiger partial charge in [-0.25, -0.2) is 9.78 Å². The molecule has 0 aromatic carbocycles. The Morgan fingerprint density at radius 2 is 2.21 bits per heavy atom. The average molecular weight is 334 g/mol. The van der Waals surface area contributed by atoms with E-state index < -0.39 is 17.9 Å². The first-order valence-corrected chi connectivity index (χ1v) is 8.32. The predicted molar refractivity (Wildman–Crippen MR) is 86.0 cm³/mol. The summed E-state index contributed by atoms with van der Waals surface area (Å²) in [6.07, 6.45) is 1.62. The largest absolute Gasteiger partial charge is 0.465 e. The number of hydrogen-bond donors (Lipinski definition) is 3. The summed E-state index contributed by atoms with van der Waals surface area (Å²) >= 11 is 0. The van der Waals surface area contributed by atoms with Crippen LogP contribution in [0.2, 0.25) is 0 Å². The van der Waals surface area contributed by atoms with Gasteiger partial charge in [0.1, 0.15) is 11.9 Å². The van der Waals surface area contributed by atoms with Crippen molar-refractivity contribution < 1.29 is 19.4 Å². The number of nitrogens with zero attached hydrogens (tertiary/aromatic N) is 2. The second-order valence-electron chi connectivity index (χ2n) is 6.67. The van der Waals surface area contributed by atoms with Gasteiger partial charge in [0.05, 0.1) is 19.8 Å². The van der Waals surface area contributed by atoms with E-state index in [9.17, 15) is 4.79 Å². The maximum absolute atomic E-state index is 11.1. The number of nitrogens with one attached hydrogen (secondary N) is 1. The van der Waals surface area contributed by atoms with Crippen LogP contribution in [-0.4, -0.2) is 60.4 Å². The van der Waals surface area contributed by atoms with Crippen molar-refractivity contribution in [3.63, 3.8) is 0 Å². The van der Waals surface area contributed by atoms with E-state index in [2.05, 4.69) is 11.4 Å². The van der Waals surface area contributed by atoms with Crippen LogP contribution in [0.5, 0.6) is 0 Å². The van der Waals surface area contributed by atoms with Crippen LogP contribution in [-0.2, 0) is 22.3 Å². The Kier molecular flexibility index (Phi) is 3.82. The Labute approximate surface area is 139 Å². The zero-order valence-corrected chi connectivity index (χ0v) is 13.4. The van der Waals surface area contributed by atoms with Crippen molar-refractivity contribution in [3.8, 4) is 0 Å². The molecule has 2 aliphatic heterocycles. The first kappa shape index (κ1) is 15.6. The predicted octanol–water partition coefficient (Wildman–Crippen LogP) is 0.0969. The fourth-order valence-electron chi connectivity index (χ4n) is 3.85. The van der Waals surface area contributed by atoms with Crippen LogP contribution in [0, 0.1) is 0 Å². The molecule has 4 N–H and O–H groups in total. The minimum absolute atomic E-state index is 0.213. The summed E-state index contributed by atoms with van der Waals surface area (Å²) in [5.74, 6) is -0.0874. The third-order valence-electron chi connectivity index (χ3n) is 5.03. The number of nitrogens with two attached hydrogens (primary N) is 1. The van der Waals surface area contributed by atoms with Gasteiger partial charge in [0.15, 0.2) is 0 Å². The van der Waals surface area contributed by atoms with E-state index in [1.807, 2.05) is 11.0 Å².